The third-order valence-corrected chi connectivity index (χ3v) is 3.79. The Morgan fingerprint density at radius 2 is 1.68 bits per heavy atom. The number of hydrogen-bond acceptors (Lipinski definition) is 3. The van der Waals surface area contributed by atoms with Crippen molar-refractivity contribution in [3.05, 3.63) is 76.1 Å². The van der Waals surface area contributed by atoms with Gasteiger partial charge >= 0.3 is 0 Å². The first kappa shape index (κ1) is 16.4. The summed E-state index contributed by atoms with van der Waals surface area (Å²) in [5, 5.41) is 3.42. The molecule has 0 saturated heterocycles. The number of aromatic amines is 1. The van der Waals surface area contributed by atoms with Gasteiger partial charge in [-0.15, -0.1) is 0 Å². The topological polar surface area (TPSA) is 82.3 Å². The second kappa shape index (κ2) is 6.60. The number of carbonyl (C=O) groups is 2. The standard InChI is InChI=1S/C19H17N3O3/c1-22(2)19(25)12-7-9-13(10-8-12)20-18(24)15-11-17(23)21-16-6-4-3-5-14(15)16/h3-11H,1-2H3,(H,20,24)(H,21,23). The van der Waals surface area contributed by atoms with Gasteiger partial charge in [-0.3, -0.25) is 14.4 Å². The summed E-state index contributed by atoms with van der Waals surface area (Å²) in [5.41, 5.74) is 1.64. The van der Waals surface area contributed by atoms with E-state index in [1.165, 1.54) is 11.0 Å². The molecule has 25 heavy (non-hydrogen) atoms. The SMILES string of the molecule is CN(C)C(=O)c1ccc(NC(=O)c2cc(=O)[nH]c3ccccc23)cc1. The Morgan fingerprint density at radius 3 is 2.36 bits per heavy atom. The van der Waals surface area contributed by atoms with Crippen LogP contribution in [-0.2, 0) is 0 Å². The normalized spacial score (nSPS) is 10.5. The summed E-state index contributed by atoms with van der Waals surface area (Å²) in [5.74, 6) is -0.493. The number of nitrogens with zero attached hydrogens (tertiary/aromatic N) is 1. The van der Waals surface area contributed by atoms with E-state index in [0.29, 0.717) is 27.7 Å². The number of benzene rings is 2. The third kappa shape index (κ3) is 3.42. The number of H-pyrrole nitrogens is 1. The van der Waals surface area contributed by atoms with E-state index in [4.69, 9.17) is 0 Å². The van der Waals surface area contributed by atoms with Gasteiger partial charge in [0.15, 0.2) is 0 Å². The molecule has 3 aromatic rings. The third-order valence-electron chi connectivity index (χ3n) is 3.79. The fourth-order valence-corrected chi connectivity index (χ4v) is 2.55. The van der Waals surface area contributed by atoms with Crippen molar-refractivity contribution in [2.45, 2.75) is 0 Å². The van der Waals surface area contributed by atoms with Crippen molar-refractivity contribution in [3.63, 3.8) is 0 Å². The second-order valence-corrected chi connectivity index (χ2v) is 5.82. The molecule has 6 nitrogen and oxygen atoms in total. The summed E-state index contributed by atoms with van der Waals surface area (Å²) in [6.07, 6.45) is 0. The molecule has 0 aliphatic rings. The Bertz CT molecular complexity index is 1000. The van der Waals surface area contributed by atoms with Crippen LogP contribution in [0.4, 0.5) is 5.69 Å². The van der Waals surface area contributed by atoms with Crippen LogP contribution in [0, 0.1) is 0 Å². The van der Waals surface area contributed by atoms with E-state index in [9.17, 15) is 14.4 Å². The van der Waals surface area contributed by atoms with E-state index in [-0.39, 0.29) is 17.4 Å². The maximum atomic E-state index is 12.6. The van der Waals surface area contributed by atoms with Crippen molar-refractivity contribution < 1.29 is 9.59 Å². The minimum Gasteiger partial charge on any atom is -0.345 e. The van der Waals surface area contributed by atoms with Crippen LogP contribution in [0.5, 0.6) is 0 Å². The molecule has 0 aliphatic heterocycles. The molecule has 1 heterocycles. The first-order chi connectivity index (χ1) is 12.0. The average molecular weight is 335 g/mol. The Morgan fingerprint density at radius 1 is 1.00 bits per heavy atom. The van der Waals surface area contributed by atoms with Gasteiger partial charge in [-0.1, -0.05) is 18.2 Å². The van der Waals surface area contributed by atoms with E-state index in [0.717, 1.165) is 0 Å². The highest BCUT2D eigenvalue weighted by Crippen LogP contribution is 2.17. The molecular weight excluding hydrogens is 318 g/mol. The number of aromatic nitrogens is 1. The van der Waals surface area contributed by atoms with Crippen molar-refractivity contribution >= 4 is 28.4 Å². The number of amides is 2. The summed E-state index contributed by atoms with van der Waals surface area (Å²) >= 11 is 0. The van der Waals surface area contributed by atoms with Crippen LogP contribution in [0.25, 0.3) is 10.9 Å². The quantitative estimate of drug-likeness (QED) is 0.771. The summed E-state index contributed by atoms with van der Waals surface area (Å²) < 4.78 is 0. The van der Waals surface area contributed by atoms with Crippen LogP contribution >= 0.6 is 0 Å². The van der Waals surface area contributed by atoms with Gasteiger partial charge in [-0.2, -0.15) is 0 Å². The van der Waals surface area contributed by atoms with Crippen molar-refractivity contribution in [1.29, 1.82) is 0 Å². The molecular formula is C19H17N3O3. The van der Waals surface area contributed by atoms with Crippen LogP contribution in [-0.4, -0.2) is 35.8 Å². The monoisotopic (exact) mass is 335 g/mol. The van der Waals surface area contributed by atoms with Crippen LogP contribution in [0.1, 0.15) is 20.7 Å². The highest BCUT2D eigenvalue weighted by atomic mass is 16.2. The molecule has 3 rings (SSSR count). The lowest BCUT2D eigenvalue weighted by Crippen LogP contribution is -2.21. The van der Waals surface area contributed by atoms with Crippen LogP contribution in [0.2, 0.25) is 0 Å². The average Bonchev–Trinajstić information content (AvgIpc) is 2.60. The van der Waals surface area contributed by atoms with Gasteiger partial charge < -0.3 is 15.2 Å². The van der Waals surface area contributed by atoms with Crippen LogP contribution in [0.15, 0.2) is 59.4 Å². The number of pyridine rings is 1. The molecule has 2 aromatic carbocycles. The number of rotatable bonds is 3. The fraction of sp³-hybridized carbons (Fsp3) is 0.105. The maximum absolute atomic E-state index is 12.6. The van der Waals surface area contributed by atoms with Crippen molar-refractivity contribution in [3.8, 4) is 0 Å². The Hall–Kier alpha value is -3.41. The zero-order valence-corrected chi connectivity index (χ0v) is 13.9. The molecule has 0 radical (unpaired) electrons. The van der Waals surface area contributed by atoms with E-state index < -0.39 is 0 Å². The second-order valence-electron chi connectivity index (χ2n) is 5.82. The zero-order valence-electron chi connectivity index (χ0n) is 13.9. The number of carbonyl (C=O) groups excluding carboxylic acids is 2. The largest absolute Gasteiger partial charge is 0.345 e. The molecule has 1 aromatic heterocycles. The molecule has 0 spiro atoms. The molecule has 2 amide bonds. The highest BCUT2D eigenvalue weighted by Gasteiger charge is 2.13. The van der Waals surface area contributed by atoms with E-state index in [1.807, 2.05) is 0 Å². The molecule has 2 N–H and O–H groups in total. The lowest BCUT2D eigenvalue weighted by molar-refractivity contribution is 0.0827. The lowest BCUT2D eigenvalue weighted by atomic mass is 10.1. The number of anilines is 1. The summed E-state index contributed by atoms with van der Waals surface area (Å²) in [6, 6.07) is 15.0. The van der Waals surface area contributed by atoms with Gasteiger partial charge in [0.25, 0.3) is 11.8 Å². The predicted octanol–water partition coefficient (Wildman–Crippen LogP) is 2.48. The molecule has 0 unspecified atom stereocenters. The van der Waals surface area contributed by atoms with Gasteiger partial charge in [-0.25, -0.2) is 0 Å². The van der Waals surface area contributed by atoms with E-state index >= 15 is 0 Å². The predicted molar refractivity (Wildman–Crippen MR) is 97.0 cm³/mol. The summed E-state index contributed by atoms with van der Waals surface area (Å²) in [6.45, 7) is 0. The fourth-order valence-electron chi connectivity index (χ4n) is 2.55. The summed E-state index contributed by atoms with van der Waals surface area (Å²) in [4.78, 5) is 40.4. The summed E-state index contributed by atoms with van der Waals surface area (Å²) in [7, 11) is 3.35. The molecule has 0 fully saturated rings. The van der Waals surface area contributed by atoms with E-state index in [1.54, 1.807) is 62.6 Å². The Balaban J connectivity index is 1.88. The molecule has 0 saturated carbocycles. The van der Waals surface area contributed by atoms with Gasteiger partial charge in [0, 0.05) is 42.3 Å². The van der Waals surface area contributed by atoms with Crippen molar-refractivity contribution in [2.24, 2.45) is 0 Å². The van der Waals surface area contributed by atoms with Crippen LogP contribution in [0.3, 0.4) is 0 Å². The molecule has 0 bridgehead atoms. The maximum Gasteiger partial charge on any atom is 0.256 e. The molecule has 0 aliphatic carbocycles. The van der Waals surface area contributed by atoms with Gasteiger partial charge in [0.1, 0.15) is 0 Å². The van der Waals surface area contributed by atoms with Gasteiger partial charge in [-0.05, 0) is 30.3 Å². The van der Waals surface area contributed by atoms with Gasteiger partial charge in [0.2, 0.25) is 5.56 Å². The Kier molecular flexibility index (Phi) is 4.35. The smallest absolute Gasteiger partial charge is 0.256 e. The number of hydrogen-bond donors (Lipinski definition) is 2. The van der Waals surface area contributed by atoms with Crippen molar-refractivity contribution in [1.82, 2.24) is 9.88 Å². The minimum absolute atomic E-state index is 0.113. The minimum atomic E-state index is -0.381. The Labute approximate surface area is 144 Å². The molecule has 0 atom stereocenters. The van der Waals surface area contributed by atoms with Gasteiger partial charge in [0.05, 0.1) is 5.56 Å². The van der Waals surface area contributed by atoms with Crippen LogP contribution < -0.4 is 10.9 Å². The number of para-hydroxylation sites is 1. The first-order valence-electron chi connectivity index (χ1n) is 7.71. The van der Waals surface area contributed by atoms with Crippen molar-refractivity contribution in [2.75, 3.05) is 19.4 Å². The zero-order chi connectivity index (χ0) is 18.0. The van der Waals surface area contributed by atoms with E-state index in [2.05, 4.69) is 10.3 Å². The highest BCUT2D eigenvalue weighted by molar-refractivity contribution is 6.12. The first-order valence-corrected chi connectivity index (χ1v) is 7.71. The number of nitrogens with one attached hydrogen (secondary N) is 2. The molecule has 6 heteroatoms. The molecule has 126 valence electrons. The lowest BCUT2D eigenvalue weighted by Gasteiger charge is -2.11. The number of fused-ring (bicyclic) bond motifs is 1.